The Hall–Kier alpha value is -3.45. The predicted octanol–water partition coefficient (Wildman–Crippen LogP) is 4.46. The van der Waals surface area contributed by atoms with E-state index in [-0.39, 0.29) is 11.8 Å². The van der Waals surface area contributed by atoms with Crippen molar-refractivity contribution in [1.82, 2.24) is 14.8 Å². The van der Waals surface area contributed by atoms with Crippen molar-refractivity contribution in [2.24, 2.45) is 0 Å². The Bertz CT molecular complexity index is 1250. The average molecular weight is 432 g/mol. The summed E-state index contributed by atoms with van der Waals surface area (Å²) in [5.74, 6) is 0.163. The van der Waals surface area contributed by atoms with Gasteiger partial charge in [0.05, 0.1) is 27.9 Å². The number of fused-ring (bicyclic) bond motifs is 1. The zero-order chi connectivity index (χ0) is 21.4. The van der Waals surface area contributed by atoms with Crippen LogP contribution in [-0.4, -0.2) is 52.8 Å². The summed E-state index contributed by atoms with van der Waals surface area (Å²) in [4.78, 5) is 36.6. The van der Waals surface area contributed by atoms with E-state index in [0.29, 0.717) is 37.5 Å². The molecule has 0 unspecified atom stereocenters. The van der Waals surface area contributed by atoms with Gasteiger partial charge in [-0.3, -0.25) is 9.59 Å². The van der Waals surface area contributed by atoms with Gasteiger partial charge in [-0.15, -0.1) is 11.3 Å². The van der Waals surface area contributed by atoms with Crippen molar-refractivity contribution in [1.29, 1.82) is 0 Å². The third-order valence-electron chi connectivity index (χ3n) is 5.53. The fourth-order valence-corrected chi connectivity index (χ4v) is 4.72. The van der Waals surface area contributed by atoms with E-state index in [1.54, 1.807) is 28.4 Å². The van der Waals surface area contributed by atoms with Crippen molar-refractivity contribution in [2.75, 3.05) is 26.2 Å². The van der Waals surface area contributed by atoms with Crippen molar-refractivity contribution >= 4 is 34.1 Å². The molecular weight excluding hydrogens is 410 g/mol. The fraction of sp³-hybridized carbons (Fsp3) is 0.208. The molecular formula is C24H21N3O3S. The Labute approximate surface area is 183 Å². The monoisotopic (exact) mass is 431 g/mol. The van der Waals surface area contributed by atoms with Crippen LogP contribution in [0.4, 0.5) is 0 Å². The Morgan fingerprint density at radius 2 is 1.68 bits per heavy atom. The van der Waals surface area contributed by atoms with Crippen LogP contribution in [0, 0.1) is 6.92 Å². The number of benzene rings is 1. The van der Waals surface area contributed by atoms with E-state index < -0.39 is 0 Å². The largest absolute Gasteiger partial charge is 0.459 e. The molecule has 1 aliphatic rings. The van der Waals surface area contributed by atoms with E-state index in [1.807, 2.05) is 41.3 Å². The number of nitrogens with zero attached hydrogens (tertiary/aromatic N) is 3. The number of aromatic nitrogens is 1. The maximum absolute atomic E-state index is 13.5. The molecule has 0 saturated carbocycles. The zero-order valence-electron chi connectivity index (χ0n) is 17.1. The van der Waals surface area contributed by atoms with Crippen LogP contribution in [0.2, 0.25) is 0 Å². The lowest BCUT2D eigenvalue weighted by Gasteiger charge is -2.34. The van der Waals surface area contributed by atoms with Crippen LogP contribution in [-0.2, 0) is 0 Å². The zero-order valence-corrected chi connectivity index (χ0v) is 17.9. The van der Waals surface area contributed by atoms with E-state index in [4.69, 9.17) is 9.40 Å². The molecule has 7 heteroatoms. The minimum Gasteiger partial charge on any atom is -0.459 e. The molecule has 0 aliphatic carbocycles. The summed E-state index contributed by atoms with van der Waals surface area (Å²) in [6.45, 7) is 3.98. The van der Waals surface area contributed by atoms with Gasteiger partial charge in [0.2, 0.25) is 0 Å². The summed E-state index contributed by atoms with van der Waals surface area (Å²) in [5.41, 5.74) is 2.27. The molecule has 5 rings (SSSR count). The molecule has 0 atom stereocenters. The Morgan fingerprint density at radius 1 is 0.935 bits per heavy atom. The lowest BCUT2D eigenvalue weighted by Crippen LogP contribution is -2.50. The number of piperazine rings is 1. The summed E-state index contributed by atoms with van der Waals surface area (Å²) in [7, 11) is 0. The molecule has 1 saturated heterocycles. The molecule has 1 aliphatic heterocycles. The number of furan rings is 1. The maximum atomic E-state index is 13.5. The number of hydrogen-bond donors (Lipinski definition) is 0. The van der Waals surface area contributed by atoms with Crippen LogP contribution in [0.5, 0.6) is 0 Å². The molecule has 156 valence electrons. The fourth-order valence-electron chi connectivity index (χ4n) is 3.89. The number of aryl methyl sites for hydroxylation is 1. The number of hydrogen-bond acceptors (Lipinski definition) is 5. The van der Waals surface area contributed by atoms with Gasteiger partial charge in [-0.2, -0.15) is 0 Å². The molecule has 4 aromatic rings. The lowest BCUT2D eigenvalue weighted by molar-refractivity contribution is 0.0519. The van der Waals surface area contributed by atoms with Crippen molar-refractivity contribution in [3.05, 3.63) is 77.1 Å². The van der Waals surface area contributed by atoms with Crippen LogP contribution in [0.25, 0.3) is 21.5 Å². The van der Waals surface area contributed by atoms with Crippen molar-refractivity contribution in [3.8, 4) is 10.6 Å². The lowest BCUT2D eigenvalue weighted by atomic mass is 10.1. The summed E-state index contributed by atoms with van der Waals surface area (Å²) >= 11 is 1.67. The number of carbonyl (C=O) groups excluding carboxylic acids is 2. The second-order valence-corrected chi connectivity index (χ2v) is 8.83. The SMILES string of the molecule is Cc1ccc(-c2cc(C(=O)N3CCN(C(=O)c4ccco4)CC3)c3ccccc3n2)s1. The van der Waals surface area contributed by atoms with Gasteiger partial charge < -0.3 is 14.2 Å². The molecule has 4 heterocycles. The molecule has 2 amide bonds. The molecule has 3 aromatic heterocycles. The molecule has 1 fully saturated rings. The van der Waals surface area contributed by atoms with E-state index in [1.165, 1.54) is 11.1 Å². The van der Waals surface area contributed by atoms with Gasteiger partial charge in [0, 0.05) is 36.4 Å². The number of rotatable bonds is 3. The highest BCUT2D eigenvalue weighted by Crippen LogP contribution is 2.30. The summed E-state index contributed by atoms with van der Waals surface area (Å²) in [6, 6.07) is 17.1. The third-order valence-corrected chi connectivity index (χ3v) is 6.55. The first-order valence-electron chi connectivity index (χ1n) is 10.2. The van der Waals surface area contributed by atoms with E-state index in [9.17, 15) is 9.59 Å². The van der Waals surface area contributed by atoms with Gasteiger partial charge in [0.25, 0.3) is 11.8 Å². The molecule has 6 nitrogen and oxygen atoms in total. The minimum absolute atomic E-state index is 0.0294. The highest BCUT2D eigenvalue weighted by Gasteiger charge is 2.27. The van der Waals surface area contributed by atoms with Gasteiger partial charge in [-0.25, -0.2) is 4.98 Å². The minimum atomic E-state index is -0.137. The summed E-state index contributed by atoms with van der Waals surface area (Å²) < 4.78 is 5.22. The molecule has 1 aromatic carbocycles. The van der Waals surface area contributed by atoms with Crippen LogP contribution in [0.3, 0.4) is 0 Å². The van der Waals surface area contributed by atoms with Gasteiger partial charge in [0.15, 0.2) is 5.76 Å². The summed E-state index contributed by atoms with van der Waals surface area (Å²) in [6.07, 6.45) is 1.49. The van der Waals surface area contributed by atoms with Crippen molar-refractivity contribution in [2.45, 2.75) is 6.92 Å². The molecule has 0 bridgehead atoms. The number of para-hydroxylation sites is 1. The third kappa shape index (κ3) is 3.72. The first kappa shape index (κ1) is 19.5. The quantitative estimate of drug-likeness (QED) is 0.480. The number of thiophene rings is 1. The second-order valence-electron chi connectivity index (χ2n) is 7.54. The van der Waals surface area contributed by atoms with E-state index in [2.05, 4.69) is 13.0 Å². The Morgan fingerprint density at radius 3 is 2.35 bits per heavy atom. The standard InChI is InChI=1S/C24H21N3O3S/c1-16-8-9-22(31-16)20-15-18(17-5-2-3-6-19(17)25-20)23(28)26-10-12-27(13-11-26)24(29)21-7-4-14-30-21/h2-9,14-15H,10-13H2,1H3. The van der Waals surface area contributed by atoms with Crippen LogP contribution < -0.4 is 0 Å². The van der Waals surface area contributed by atoms with E-state index in [0.717, 1.165) is 21.5 Å². The molecule has 0 spiro atoms. The predicted molar refractivity (Wildman–Crippen MR) is 120 cm³/mol. The number of carbonyl (C=O) groups is 2. The van der Waals surface area contributed by atoms with Gasteiger partial charge in [-0.05, 0) is 43.3 Å². The molecule has 0 N–H and O–H groups in total. The van der Waals surface area contributed by atoms with Gasteiger partial charge in [0.1, 0.15) is 0 Å². The van der Waals surface area contributed by atoms with Crippen LogP contribution >= 0.6 is 11.3 Å². The smallest absolute Gasteiger partial charge is 0.289 e. The van der Waals surface area contributed by atoms with E-state index >= 15 is 0 Å². The number of amides is 2. The second kappa shape index (κ2) is 8.00. The molecule has 31 heavy (non-hydrogen) atoms. The molecule has 0 radical (unpaired) electrons. The average Bonchev–Trinajstić information content (AvgIpc) is 3.50. The highest BCUT2D eigenvalue weighted by atomic mass is 32.1. The first-order chi connectivity index (χ1) is 15.1. The maximum Gasteiger partial charge on any atom is 0.289 e. The van der Waals surface area contributed by atoms with Crippen LogP contribution in [0.1, 0.15) is 25.8 Å². The first-order valence-corrected chi connectivity index (χ1v) is 11.0. The Balaban J connectivity index is 1.41. The normalized spacial score (nSPS) is 14.2. The van der Waals surface area contributed by atoms with Crippen molar-refractivity contribution in [3.63, 3.8) is 0 Å². The number of pyridine rings is 1. The topological polar surface area (TPSA) is 66.7 Å². The van der Waals surface area contributed by atoms with Gasteiger partial charge in [-0.1, -0.05) is 18.2 Å². The summed E-state index contributed by atoms with van der Waals surface area (Å²) in [5, 5.41) is 0.846. The Kier molecular flexibility index (Phi) is 5.03. The van der Waals surface area contributed by atoms with Crippen LogP contribution in [0.15, 0.2) is 65.3 Å². The van der Waals surface area contributed by atoms with Crippen molar-refractivity contribution < 1.29 is 14.0 Å². The van der Waals surface area contributed by atoms with Gasteiger partial charge >= 0.3 is 0 Å². The highest BCUT2D eigenvalue weighted by molar-refractivity contribution is 7.15.